The number of likely N-dealkylation sites (tertiary alicyclic amines) is 1. The summed E-state index contributed by atoms with van der Waals surface area (Å²) in [4.78, 5) is 18.1. The molecule has 9 heteroatoms. The fourth-order valence-corrected chi connectivity index (χ4v) is 2.81. The number of nitrogens with one attached hydrogen (secondary N) is 1. The number of nitrogens with zero attached hydrogens (tertiary/aromatic N) is 3. The van der Waals surface area contributed by atoms with Gasteiger partial charge in [-0.05, 0) is 25.8 Å². The Labute approximate surface area is 137 Å². The zero-order valence-corrected chi connectivity index (χ0v) is 13.6. The third kappa shape index (κ3) is 3.95. The smallest absolute Gasteiger partial charge is 0.253 e. The molecule has 1 aliphatic heterocycles. The van der Waals surface area contributed by atoms with Gasteiger partial charge in [0.15, 0.2) is 0 Å². The van der Waals surface area contributed by atoms with Gasteiger partial charge in [0.25, 0.3) is 11.9 Å². The lowest BCUT2D eigenvalue weighted by Gasteiger charge is -2.26. The Morgan fingerprint density at radius 2 is 1.88 bits per heavy atom. The van der Waals surface area contributed by atoms with Gasteiger partial charge in [-0.3, -0.25) is 9.69 Å². The van der Waals surface area contributed by atoms with Crippen molar-refractivity contribution in [1.82, 2.24) is 14.8 Å². The van der Waals surface area contributed by atoms with Crippen molar-refractivity contribution in [2.75, 3.05) is 39.0 Å². The molecule has 5 nitrogen and oxygen atoms in total. The first-order chi connectivity index (χ1) is 11.3. The number of carbonyl (C=O) groups excluding carboxylic acids is 1. The molecule has 2 rings (SSSR count). The third-order valence-corrected chi connectivity index (χ3v) is 4.01. The molecule has 1 amide bonds. The molecule has 0 bridgehead atoms. The van der Waals surface area contributed by atoms with Crippen LogP contribution < -0.4 is 5.32 Å². The highest BCUT2D eigenvalue weighted by molar-refractivity contribution is 5.81. The molecule has 1 fully saturated rings. The lowest BCUT2D eigenvalue weighted by Crippen LogP contribution is -2.43. The van der Waals surface area contributed by atoms with E-state index in [0.29, 0.717) is 13.0 Å². The maximum Gasteiger partial charge on any atom is 0.253 e. The van der Waals surface area contributed by atoms with Crippen molar-refractivity contribution in [3.8, 4) is 0 Å². The second-order valence-electron chi connectivity index (χ2n) is 5.90. The average Bonchev–Trinajstić information content (AvgIpc) is 2.99. The van der Waals surface area contributed by atoms with Gasteiger partial charge < -0.3 is 10.2 Å². The van der Waals surface area contributed by atoms with Crippen molar-refractivity contribution in [2.24, 2.45) is 0 Å². The van der Waals surface area contributed by atoms with E-state index in [-0.39, 0.29) is 18.5 Å². The average molecular weight is 348 g/mol. The number of halogens is 4. The van der Waals surface area contributed by atoms with Crippen LogP contribution in [0.5, 0.6) is 0 Å². The van der Waals surface area contributed by atoms with Gasteiger partial charge in [0.05, 0.1) is 6.04 Å². The molecule has 0 saturated carbocycles. The SMILES string of the molecule is CN(C)C(=O)C1CCCN1CCCNc1c(F)c(F)nc(F)c1F. The second-order valence-corrected chi connectivity index (χ2v) is 5.90. The van der Waals surface area contributed by atoms with E-state index in [1.165, 1.54) is 4.90 Å². The van der Waals surface area contributed by atoms with E-state index >= 15 is 0 Å². The van der Waals surface area contributed by atoms with Crippen molar-refractivity contribution < 1.29 is 22.4 Å². The zero-order valence-electron chi connectivity index (χ0n) is 13.6. The van der Waals surface area contributed by atoms with Gasteiger partial charge in [-0.15, -0.1) is 0 Å². The van der Waals surface area contributed by atoms with Crippen molar-refractivity contribution in [2.45, 2.75) is 25.3 Å². The molecule has 0 aliphatic carbocycles. The van der Waals surface area contributed by atoms with E-state index in [4.69, 9.17) is 0 Å². The Kier molecular flexibility index (Phi) is 5.98. The quantitative estimate of drug-likeness (QED) is 0.485. The highest BCUT2D eigenvalue weighted by Crippen LogP contribution is 2.22. The molecule has 1 aliphatic rings. The molecule has 1 saturated heterocycles. The molecule has 1 aromatic rings. The molecule has 1 N–H and O–H groups in total. The number of anilines is 1. The minimum absolute atomic E-state index is 0.0239. The first-order valence-corrected chi connectivity index (χ1v) is 7.72. The summed E-state index contributed by atoms with van der Waals surface area (Å²) < 4.78 is 52.9. The van der Waals surface area contributed by atoms with E-state index in [9.17, 15) is 22.4 Å². The van der Waals surface area contributed by atoms with Gasteiger partial charge in [-0.1, -0.05) is 0 Å². The molecule has 0 aromatic carbocycles. The van der Waals surface area contributed by atoms with Gasteiger partial charge in [-0.25, -0.2) is 0 Å². The van der Waals surface area contributed by atoms with Crippen LogP contribution in [0.3, 0.4) is 0 Å². The van der Waals surface area contributed by atoms with E-state index in [0.717, 1.165) is 19.4 Å². The summed E-state index contributed by atoms with van der Waals surface area (Å²) in [6.45, 7) is 1.41. The van der Waals surface area contributed by atoms with E-state index < -0.39 is 29.2 Å². The Balaban J connectivity index is 1.89. The van der Waals surface area contributed by atoms with E-state index in [2.05, 4.69) is 10.3 Å². The third-order valence-electron chi connectivity index (χ3n) is 4.01. The van der Waals surface area contributed by atoms with Crippen LogP contribution in [0.4, 0.5) is 23.2 Å². The highest BCUT2D eigenvalue weighted by atomic mass is 19.2. The molecule has 1 unspecified atom stereocenters. The molecule has 134 valence electrons. The number of aromatic nitrogens is 1. The fraction of sp³-hybridized carbons (Fsp3) is 0.600. The monoisotopic (exact) mass is 348 g/mol. The number of pyridine rings is 1. The molecule has 2 heterocycles. The molecule has 0 radical (unpaired) electrons. The minimum atomic E-state index is -1.69. The van der Waals surface area contributed by atoms with Crippen LogP contribution in [-0.2, 0) is 4.79 Å². The maximum atomic E-state index is 13.5. The van der Waals surface area contributed by atoms with Crippen LogP contribution in [0.25, 0.3) is 0 Å². The first kappa shape index (κ1) is 18.4. The van der Waals surface area contributed by atoms with E-state index in [1.807, 2.05) is 4.90 Å². The van der Waals surface area contributed by atoms with Crippen LogP contribution in [0.2, 0.25) is 0 Å². The van der Waals surface area contributed by atoms with Crippen LogP contribution in [0.1, 0.15) is 19.3 Å². The molecule has 1 atom stereocenters. The predicted molar refractivity (Wildman–Crippen MR) is 80.5 cm³/mol. The Morgan fingerprint density at radius 3 is 2.46 bits per heavy atom. The number of carbonyl (C=O) groups is 1. The molecular formula is C15H20F4N4O. The number of likely N-dealkylation sites (N-methyl/N-ethyl adjacent to an activating group) is 1. The molecule has 0 spiro atoms. The lowest BCUT2D eigenvalue weighted by atomic mass is 10.2. The molecular weight excluding hydrogens is 328 g/mol. The summed E-state index contributed by atoms with van der Waals surface area (Å²) >= 11 is 0. The number of rotatable bonds is 6. The van der Waals surface area contributed by atoms with Crippen molar-refractivity contribution in [1.29, 1.82) is 0 Å². The van der Waals surface area contributed by atoms with Crippen molar-refractivity contribution in [3.05, 3.63) is 23.5 Å². The van der Waals surface area contributed by atoms with Crippen LogP contribution in [-0.4, -0.2) is 60.5 Å². The Morgan fingerprint density at radius 1 is 1.25 bits per heavy atom. The number of hydrogen-bond donors (Lipinski definition) is 1. The maximum absolute atomic E-state index is 13.5. The largest absolute Gasteiger partial charge is 0.380 e. The predicted octanol–water partition coefficient (Wildman–Crippen LogP) is 1.99. The minimum Gasteiger partial charge on any atom is -0.380 e. The Hall–Kier alpha value is -1.90. The standard InChI is InChI=1S/C15H20F4N4O/c1-22(2)15(24)9-5-3-7-23(9)8-4-6-20-12-10(16)13(18)21-14(19)11(12)17/h9H,3-8H2,1-2H3,(H,20,21). The lowest BCUT2D eigenvalue weighted by molar-refractivity contribution is -0.133. The molecule has 1 aromatic heterocycles. The van der Waals surface area contributed by atoms with Crippen LogP contribution in [0.15, 0.2) is 0 Å². The highest BCUT2D eigenvalue weighted by Gasteiger charge is 2.31. The number of amides is 1. The summed E-state index contributed by atoms with van der Waals surface area (Å²) in [6, 6.07) is -0.190. The normalized spacial score (nSPS) is 18.0. The topological polar surface area (TPSA) is 48.5 Å². The summed E-state index contributed by atoms with van der Waals surface area (Å²) in [5.41, 5.74) is -0.859. The van der Waals surface area contributed by atoms with Crippen LogP contribution >= 0.6 is 0 Å². The van der Waals surface area contributed by atoms with Gasteiger partial charge in [0.2, 0.25) is 17.5 Å². The summed E-state index contributed by atoms with van der Waals surface area (Å²) in [5, 5.41) is 2.36. The van der Waals surface area contributed by atoms with Gasteiger partial charge in [0, 0.05) is 27.2 Å². The van der Waals surface area contributed by atoms with Gasteiger partial charge in [0.1, 0.15) is 5.69 Å². The molecule has 24 heavy (non-hydrogen) atoms. The second kappa shape index (κ2) is 7.78. The summed E-state index contributed by atoms with van der Waals surface area (Å²) in [7, 11) is 3.39. The van der Waals surface area contributed by atoms with Crippen molar-refractivity contribution >= 4 is 11.6 Å². The summed E-state index contributed by atoms with van der Waals surface area (Å²) in [6.07, 6.45) is 2.14. The van der Waals surface area contributed by atoms with Crippen molar-refractivity contribution in [3.63, 3.8) is 0 Å². The van der Waals surface area contributed by atoms with Crippen LogP contribution in [0, 0.1) is 23.5 Å². The fourth-order valence-electron chi connectivity index (χ4n) is 2.81. The zero-order chi connectivity index (χ0) is 17.9. The number of hydrogen-bond acceptors (Lipinski definition) is 4. The van der Waals surface area contributed by atoms with E-state index in [1.54, 1.807) is 14.1 Å². The van der Waals surface area contributed by atoms with Gasteiger partial charge >= 0.3 is 0 Å². The summed E-state index contributed by atoms with van der Waals surface area (Å²) in [5.74, 6) is -6.44. The first-order valence-electron chi connectivity index (χ1n) is 7.72. The Bertz CT molecular complexity index is 585. The van der Waals surface area contributed by atoms with Gasteiger partial charge in [-0.2, -0.15) is 22.5 Å².